The summed E-state index contributed by atoms with van der Waals surface area (Å²) in [5.41, 5.74) is 1.65. The van der Waals surface area contributed by atoms with E-state index in [2.05, 4.69) is 18.7 Å². The van der Waals surface area contributed by atoms with E-state index in [9.17, 15) is 4.79 Å². The van der Waals surface area contributed by atoms with Crippen LogP contribution in [0.2, 0.25) is 0 Å². The summed E-state index contributed by atoms with van der Waals surface area (Å²) in [7, 11) is 1.63. The van der Waals surface area contributed by atoms with E-state index in [-0.39, 0.29) is 6.61 Å². The van der Waals surface area contributed by atoms with Crippen LogP contribution in [0.15, 0.2) is 18.2 Å². The largest absolute Gasteiger partial charge is 0.496 e. The highest BCUT2D eigenvalue weighted by Gasteiger charge is 2.13. The van der Waals surface area contributed by atoms with Gasteiger partial charge in [0.05, 0.1) is 7.11 Å². The number of hydrogen-bond acceptors (Lipinski definition) is 4. The molecule has 0 saturated carbocycles. The smallest absolute Gasteiger partial charge is 0.150 e. The molecule has 1 rings (SSSR count). The minimum absolute atomic E-state index is 0.189. The summed E-state index contributed by atoms with van der Waals surface area (Å²) in [5.74, 6) is 0.792. The monoisotopic (exact) mass is 265 g/mol. The maximum absolute atomic E-state index is 10.9. The average molecular weight is 265 g/mol. The van der Waals surface area contributed by atoms with Gasteiger partial charge >= 0.3 is 0 Å². The summed E-state index contributed by atoms with van der Waals surface area (Å²) < 4.78 is 5.34. The van der Waals surface area contributed by atoms with E-state index < -0.39 is 0 Å². The maximum Gasteiger partial charge on any atom is 0.150 e. The van der Waals surface area contributed by atoms with Crippen LogP contribution in [0.5, 0.6) is 5.75 Å². The van der Waals surface area contributed by atoms with Crippen molar-refractivity contribution in [2.24, 2.45) is 0 Å². The molecule has 0 heterocycles. The first-order chi connectivity index (χ1) is 9.12. The SMILES string of the molecule is COc1ccc(C=O)cc1CN(CCCO)C(C)C. The van der Waals surface area contributed by atoms with Gasteiger partial charge in [-0.25, -0.2) is 0 Å². The van der Waals surface area contributed by atoms with Crippen molar-refractivity contribution in [2.45, 2.75) is 32.9 Å². The lowest BCUT2D eigenvalue weighted by Crippen LogP contribution is -2.32. The lowest BCUT2D eigenvalue weighted by Gasteiger charge is -2.27. The molecule has 1 aromatic rings. The number of benzene rings is 1. The van der Waals surface area contributed by atoms with Gasteiger partial charge in [-0.2, -0.15) is 0 Å². The Labute approximate surface area is 115 Å². The third-order valence-electron chi connectivity index (χ3n) is 3.15. The quantitative estimate of drug-likeness (QED) is 0.731. The van der Waals surface area contributed by atoms with Crippen molar-refractivity contribution >= 4 is 6.29 Å². The molecule has 0 atom stereocenters. The molecule has 0 aliphatic heterocycles. The Balaban J connectivity index is 2.89. The number of aliphatic hydroxyl groups excluding tert-OH is 1. The summed E-state index contributed by atoms with van der Waals surface area (Å²) in [6.45, 7) is 5.96. The van der Waals surface area contributed by atoms with Crippen LogP contribution in [0.4, 0.5) is 0 Å². The molecular formula is C15H23NO3. The van der Waals surface area contributed by atoms with Crippen molar-refractivity contribution < 1.29 is 14.6 Å². The molecule has 0 aliphatic carbocycles. The second-order valence-corrected chi connectivity index (χ2v) is 4.83. The summed E-state index contributed by atoms with van der Waals surface area (Å²) >= 11 is 0. The molecule has 0 saturated heterocycles. The third-order valence-corrected chi connectivity index (χ3v) is 3.15. The highest BCUT2D eigenvalue weighted by Crippen LogP contribution is 2.22. The molecule has 4 heteroatoms. The van der Waals surface area contributed by atoms with E-state index >= 15 is 0 Å². The average Bonchev–Trinajstić information content (AvgIpc) is 2.42. The van der Waals surface area contributed by atoms with Gasteiger partial charge in [-0.1, -0.05) is 0 Å². The van der Waals surface area contributed by atoms with E-state index in [4.69, 9.17) is 9.84 Å². The van der Waals surface area contributed by atoms with Crippen LogP contribution in [0.25, 0.3) is 0 Å². The van der Waals surface area contributed by atoms with Crippen molar-refractivity contribution in [2.75, 3.05) is 20.3 Å². The molecule has 0 bridgehead atoms. The van der Waals surface area contributed by atoms with Crippen molar-refractivity contribution in [3.63, 3.8) is 0 Å². The normalized spacial score (nSPS) is 11.1. The Morgan fingerprint density at radius 2 is 2.16 bits per heavy atom. The van der Waals surface area contributed by atoms with Gasteiger partial charge in [0.1, 0.15) is 12.0 Å². The third kappa shape index (κ3) is 4.65. The number of aldehydes is 1. The number of ether oxygens (including phenoxy) is 1. The highest BCUT2D eigenvalue weighted by atomic mass is 16.5. The number of aliphatic hydroxyl groups is 1. The molecule has 0 spiro atoms. The highest BCUT2D eigenvalue weighted by molar-refractivity contribution is 5.75. The first kappa shape index (κ1) is 15.7. The summed E-state index contributed by atoms with van der Waals surface area (Å²) in [4.78, 5) is 13.1. The Morgan fingerprint density at radius 3 is 2.68 bits per heavy atom. The van der Waals surface area contributed by atoms with Gasteiger partial charge in [0.15, 0.2) is 0 Å². The molecule has 0 fully saturated rings. The van der Waals surface area contributed by atoms with Gasteiger partial charge in [0.25, 0.3) is 0 Å². The number of hydrogen-bond donors (Lipinski definition) is 1. The summed E-state index contributed by atoms with van der Waals surface area (Å²) in [6, 6.07) is 5.81. The predicted octanol–water partition coefficient (Wildman–Crippen LogP) is 2.10. The first-order valence-corrected chi connectivity index (χ1v) is 6.59. The van der Waals surface area contributed by atoms with Crippen LogP contribution in [-0.2, 0) is 6.54 Å². The number of carbonyl (C=O) groups is 1. The second kappa shape index (κ2) is 7.92. The van der Waals surface area contributed by atoms with Crippen LogP contribution >= 0.6 is 0 Å². The lowest BCUT2D eigenvalue weighted by atomic mass is 10.1. The summed E-state index contributed by atoms with van der Waals surface area (Å²) in [6.07, 6.45) is 1.59. The Kier molecular flexibility index (Phi) is 6.53. The maximum atomic E-state index is 10.9. The second-order valence-electron chi connectivity index (χ2n) is 4.83. The molecule has 0 unspecified atom stereocenters. The van der Waals surface area contributed by atoms with Gasteiger partial charge < -0.3 is 9.84 Å². The van der Waals surface area contributed by atoms with Gasteiger partial charge in [-0.3, -0.25) is 9.69 Å². The number of rotatable bonds is 8. The molecule has 1 aromatic carbocycles. The van der Waals surface area contributed by atoms with E-state index in [1.165, 1.54) is 0 Å². The van der Waals surface area contributed by atoms with Gasteiger partial charge in [-0.15, -0.1) is 0 Å². The lowest BCUT2D eigenvalue weighted by molar-refractivity contribution is 0.112. The molecular weight excluding hydrogens is 242 g/mol. The standard InChI is InChI=1S/C15H23NO3/c1-12(2)16(7-4-8-17)10-14-9-13(11-18)5-6-15(14)19-3/h5-6,9,11-12,17H,4,7-8,10H2,1-3H3. The molecule has 0 radical (unpaired) electrons. The van der Waals surface area contributed by atoms with Gasteiger partial charge in [0, 0.05) is 36.9 Å². The minimum Gasteiger partial charge on any atom is -0.496 e. The van der Waals surface area contributed by atoms with Crippen molar-refractivity contribution in [3.05, 3.63) is 29.3 Å². The van der Waals surface area contributed by atoms with E-state index in [0.717, 1.165) is 30.6 Å². The first-order valence-electron chi connectivity index (χ1n) is 6.59. The number of methoxy groups -OCH3 is 1. The molecule has 1 N–H and O–H groups in total. The van der Waals surface area contributed by atoms with E-state index in [1.807, 2.05) is 12.1 Å². The van der Waals surface area contributed by atoms with Crippen LogP contribution in [-0.4, -0.2) is 42.6 Å². The van der Waals surface area contributed by atoms with E-state index in [0.29, 0.717) is 18.2 Å². The van der Waals surface area contributed by atoms with Crippen LogP contribution in [0, 0.1) is 0 Å². The molecule has 0 aliphatic rings. The van der Waals surface area contributed by atoms with E-state index in [1.54, 1.807) is 13.2 Å². The van der Waals surface area contributed by atoms with Crippen molar-refractivity contribution in [1.29, 1.82) is 0 Å². The fraction of sp³-hybridized carbons (Fsp3) is 0.533. The zero-order valence-electron chi connectivity index (χ0n) is 11.9. The predicted molar refractivity (Wildman–Crippen MR) is 75.6 cm³/mol. The van der Waals surface area contributed by atoms with Gasteiger partial charge in [-0.05, 0) is 38.5 Å². The molecule has 106 valence electrons. The minimum atomic E-state index is 0.189. The molecule has 19 heavy (non-hydrogen) atoms. The van der Waals surface area contributed by atoms with Crippen LogP contribution < -0.4 is 4.74 Å². The fourth-order valence-electron chi connectivity index (χ4n) is 2.01. The molecule has 4 nitrogen and oxygen atoms in total. The zero-order valence-corrected chi connectivity index (χ0v) is 11.9. The fourth-order valence-corrected chi connectivity index (χ4v) is 2.01. The Morgan fingerprint density at radius 1 is 1.42 bits per heavy atom. The summed E-state index contributed by atoms with van der Waals surface area (Å²) in [5, 5.41) is 8.95. The van der Waals surface area contributed by atoms with Crippen molar-refractivity contribution in [1.82, 2.24) is 4.90 Å². The number of nitrogens with zero attached hydrogens (tertiary/aromatic N) is 1. The van der Waals surface area contributed by atoms with Crippen LogP contribution in [0.3, 0.4) is 0 Å². The molecule has 0 aromatic heterocycles. The van der Waals surface area contributed by atoms with Crippen LogP contribution in [0.1, 0.15) is 36.2 Å². The number of carbonyl (C=O) groups excluding carboxylic acids is 1. The van der Waals surface area contributed by atoms with Crippen molar-refractivity contribution in [3.8, 4) is 5.75 Å². The zero-order chi connectivity index (χ0) is 14.3. The topological polar surface area (TPSA) is 49.8 Å². The van der Waals surface area contributed by atoms with Gasteiger partial charge in [0.2, 0.25) is 0 Å². The Bertz CT molecular complexity index is 404. The Hall–Kier alpha value is -1.39. The molecule has 0 amide bonds.